The van der Waals surface area contributed by atoms with Gasteiger partial charge in [0.15, 0.2) is 0 Å². The number of rotatable bonds is 7. The quantitative estimate of drug-likeness (QED) is 0.704. The van der Waals surface area contributed by atoms with Crippen LogP contribution in [0.2, 0.25) is 0 Å². The lowest BCUT2D eigenvalue weighted by molar-refractivity contribution is -0.143. The van der Waals surface area contributed by atoms with Gasteiger partial charge in [0.2, 0.25) is 0 Å². The normalized spacial score (nSPS) is 12.4. The van der Waals surface area contributed by atoms with Crippen molar-refractivity contribution in [2.24, 2.45) is 0 Å². The van der Waals surface area contributed by atoms with Crippen LogP contribution in [0, 0.1) is 0 Å². The van der Waals surface area contributed by atoms with E-state index in [9.17, 15) is 4.79 Å². The minimum atomic E-state index is -0.160. The number of ether oxygens (including phenoxy) is 2. The molecule has 1 atom stereocenters. The second-order valence-corrected chi connectivity index (χ2v) is 4.73. The Bertz CT molecular complexity index is 351. The van der Waals surface area contributed by atoms with Crippen molar-refractivity contribution in [3.8, 4) is 0 Å². The molecule has 5 heteroatoms. The fourth-order valence-corrected chi connectivity index (χ4v) is 2.35. The first-order valence-corrected chi connectivity index (χ1v) is 6.64. The van der Waals surface area contributed by atoms with Gasteiger partial charge in [0.05, 0.1) is 30.3 Å². The molecule has 0 spiro atoms. The Labute approximate surface area is 106 Å². The van der Waals surface area contributed by atoms with Gasteiger partial charge in [-0.1, -0.05) is 6.92 Å². The molecule has 0 N–H and O–H groups in total. The third-order valence-electron chi connectivity index (χ3n) is 2.30. The Kier molecular flexibility index (Phi) is 6.15. The molecular formula is C12H19NO3S. The van der Waals surface area contributed by atoms with Gasteiger partial charge in [-0.25, -0.2) is 4.98 Å². The summed E-state index contributed by atoms with van der Waals surface area (Å²) in [7, 11) is 1.69. The molecule has 0 aromatic carbocycles. The third-order valence-corrected chi connectivity index (χ3v) is 3.42. The first-order valence-electron chi connectivity index (χ1n) is 5.76. The zero-order valence-corrected chi connectivity index (χ0v) is 11.4. The summed E-state index contributed by atoms with van der Waals surface area (Å²) in [6.07, 6.45) is 1.05. The van der Waals surface area contributed by atoms with Gasteiger partial charge < -0.3 is 9.47 Å². The summed E-state index contributed by atoms with van der Waals surface area (Å²) < 4.78 is 9.96. The molecule has 1 unspecified atom stereocenters. The fraction of sp³-hybridized carbons (Fsp3) is 0.667. The highest BCUT2D eigenvalue weighted by Gasteiger charge is 2.11. The summed E-state index contributed by atoms with van der Waals surface area (Å²) in [5.74, 6) is 0.147. The zero-order chi connectivity index (χ0) is 12.7. The molecule has 0 saturated carbocycles. The minimum Gasteiger partial charge on any atom is -0.466 e. The average Bonchev–Trinajstić information content (AvgIpc) is 2.76. The van der Waals surface area contributed by atoms with Crippen LogP contribution in [0.25, 0.3) is 0 Å². The Morgan fingerprint density at radius 1 is 1.59 bits per heavy atom. The fourth-order valence-electron chi connectivity index (χ4n) is 1.45. The molecule has 0 aliphatic rings. The molecule has 0 aliphatic carbocycles. The lowest BCUT2D eigenvalue weighted by Gasteiger charge is -2.05. The number of esters is 1. The molecule has 0 bridgehead atoms. The molecule has 0 fully saturated rings. The van der Waals surface area contributed by atoms with Gasteiger partial charge in [0.1, 0.15) is 0 Å². The molecule has 1 aromatic heterocycles. The number of carbonyl (C=O) groups excluding carboxylic acids is 1. The molecule has 1 rings (SSSR count). The molecule has 1 heterocycles. The van der Waals surface area contributed by atoms with E-state index >= 15 is 0 Å². The Morgan fingerprint density at radius 3 is 3.00 bits per heavy atom. The van der Waals surface area contributed by atoms with Crippen LogP contribution in [0.5, 0.6) is 0 Å². The first kappa shape index (κ1) is 14.1. The van der Waals surface area contributed by atoms with Crippen LogP contribution in [0.4, 0.5) is 0 Å². The SMILES string of the molecule is CCOC(=O)CCc1csc(C(C)COC)n1. The van der Waals surface area contributed by atoms with E-state index in [-0.39, 0.29) is 5.97 Å². The molecular weight excluding hydrogens is 238 g/mol. The molecule has 1 aromatic rings. The van der Waals surface area contributed by atoms with Crippen molar-refractivity contribution < 1.29 is 14.3 Å². The number of hydrogen-bond donors (Lipinski definition) is 0. The van der Waals surface area contributed by atoms with Gasteiger partial charge in [0, 0.05) is 24.8 Å². The second-order valence-electron chi connectivity index (χ2n) is 3.84. The predicted octanol–water partition coefficient (Wildman–Crippen LogP) is 2.39. The topological polar surface area (TPSA) is 48.4 Å². The van der Waals surface area contributed by atoms with E-state index in [2.05, 4.69) is 11.9 Å². The standard InChI is InChI=1S/C12H19NO3S/c1-4-16-11(14)6-5-10-8-17-12(13-10)9(2)7-15-3/h8-9H,4-7H2,1-3H3. The van der Waals surface area contributed by atoms with Crippen LogP contribution in [0.3, 0.4) is 0 Å². The van der Waals surface area contributed by atoms with Crippen molar-refractivity contribution in [3.05, 3.63) is 16.1 Å². The van der Waals surface area contributed by atoms with Crippen molar-refractivity contribution in [2.45, 2.75) is 32.6 Å². The number of thiazole rings is 1. The number of carbonyl (C=O) groups is 1. The van der Waals surface area contributed by atoms with Crippen LogP contribution < -0.4 is 0 Å². The second kappa shape index (κ2) is 7.40. The predicted molar refractivity (Wildman–Crippen MR) is 67.4 cm³/mol. The van der Waals surface area contributed by atoms with E-state index in [4.69, 9.17) is 9.47 Å². The van der Waals surface area contributed by atoms with Crippen LogP contribution in [-0.2, 0) is 20.7 Å². The number of methoxy groups -OCH3 is 1. The molecule has 17 heavy (non-hydrogen) atoms. The van der Waals surface area contributed by atoms with Crippen molar-refractivity contribution in [1.82, 2.24) is 4.98 Å². The average molecular weight is 257 g/mol. The maximum atomic E-state index is 11.2. The maximum Gasteiger partial charge on any atom is 0.306 e. The number of hydrogen-bond acceptors (Lipinski definition) is 5. The molecule has 0 aliphatic heterocycles. The van der Waals surface area contributed by atoms with E-state index < -0.39 is 0 Å². The van der Waals surface area contributed by atoms with Crippen LogP contribution in [0.15, 0.2) is 5.38 Å². The molecule has 0 radical (unpaired) electrons. The summed E-state index contributed by atoms with van der Waals surface area (Å²) in [6, 6.07) is 0. The van der Waals surface area contributed by atoms with Crippen molar-refractivity contribution >= 4 is 17.3 Å². The van der Waals surface area contributed by atoms with Gasteiger partial charge in [-0.3, -0.25) is 4.79 Å². The van der Waals surface area contributed by atoms with E-state index in [0.717, 1.165) is 10.7 Å². The highest BCUT2D eigenvalue weighted by molar-refractivity contribution is 7.09. The Morgan fingerprint density at radius 2 is 2.35 bits per heavy atom. The smallest absolute Gasteiger partial charge is 0.306 e. The monoisotopic (exact) mass is 257 g/mol. The van der Waals surface area contributed by atoms with Crippen LogP contribution in [0.1, 0.15) is 36.9 Å². The van der Waals surface area contributed by atoms with Gasteiger partial charge in [-0.15, -0.1) is 11.3 Å². The largest absolute Gasteiger partial charge is 0.466 e. The lowest BCUT2D eigenvalue weighted by atomic mass is 10.2. The van der Waals surface area contributed by atoms with Gasteiger partial charge in [-0.05, 0) is 6.92 Å². The Hall–Kier alpha value is -0.940. The Balaban J connectivity index is 2.43. The van der Waals surface area contributed by atoms with E-state index in [1.165, 1.54) is 0 Å². The summed E-state index contributed by atoms with van der Waals surface area (Å²) in [5.41, 5.74) is 0.959. The van der Waals surface area contributed by atoms with E-state index in [1.54, 1.807) is 18.4 Å². The molecule has 96 valence electrons. The summed E-state index contributed by atoms with van der Waals surface area (Å²) in [5, 5.41) is 3.06. The summed E-state index contributed by atoms with van der Waals surface area (Å²) in [4.78, 5) is 15.7. The van der Waals surface area contributed by atoms with Crippen molar-refractivity contribution in [3.63, 3.8) is 0 Å². The van der Waals surface area contributed by atoms with Gasteiger partial charge in [-0.2, -0.15) is 0 Å². The molecule has 0 saturated heterocycles. The van der Waals surface area contributed by atoms with Crippen LogP contribution >= 0.6 is 11.3 Å². The highest BCUT2D eigenvalue weighted by atomic mass is 32.1. The third kappa shape index (κ3) is 4.83. The zero-order valence-electron chi connectivity index (χ0n) is 10.6. The van der Waals surface area contributed by atoms with Gasteiger partial charge in [0.25, 0.3) is 0 Å². The number of aryl methyl sites for hydroxylation is 1. The summed E-state index contributed by atoms with van der Waals surface area (Å²) >= 11 is 1.62. The van der Waals surface area contributed by atoms with Crippen molar-refractivity contribution in [1.29, 1.82) is 0 Å². The number of nitrogens with zero attached hydrogens (tertiary/aromatic N) is 1. The molecule has 0 amide bonds. The lowest BCUT2D eigenvalue weighted by Crippen LogP contribution is -2.06. The highest BCUT2D eigenvalue weighted by Crippen LogP contribution is 2.20. The number of aromatic nitrogens is 1. The van der Waals surface area contributed by atoms with Gasteiger partial charge >= 0.3 is 5.97 Å². The van der Waals surface area contributed by atoms with Crippen molar-refractivity contribution in [2.75, 3.05) is 20.3 Å². The first-order chi connectivity index (χ1) is 8.17. The van der Waals surface area contributed by atoms with Crippen LogP contribution in [-0.4, -0.2) is 31.3 Å². The minimum absolute atomic E-state index is 0.160. The molecule has 4 nitrogen and oxygen atoms in total. The van der Waals surface area contributed by atoms with E-state index in [1.807, 2.05) is 12.3 Å². The maximum absolute atomic E-state index is 11.2. The summed E-state index contributed by atoms with van der Waals surface area (Å²) in [6.45, 7) is 5.00. The van der Waals surface area contributed by atoms with E-state index in [0.29, 0.717) is 32.0 Å².